The van der Waals surface area contributed by atoms with E-state index in [1.807, 2.05) is 18.2 Å². The average Bonchev–Trinajstić information content (AvgIpc) is 3.28. The predicted molar refractivity (Wildman–Crippen MR) is 75.0 cm³/mol. The minimum absolute atomic E-state index is 0.235. The Kier molecular flexibility index (Phi) is 3.53. The van der Waals surface area contributed by atoms with E-state index in [0.29, 0.717) is 12.5 Å². The molecule has 0 saturated heterocycles. The van der Waals surface area contributed by atoms with Gasteiger partial charge in [0.05, 0.1) is 0 Å². The molecule has 1 aromatic rings. The van der Waals surface area contributed by atoms with E-state index >= 15 is 0 Å². The van der Waals surface area contributed by atoms with Crippen LogP contribution in [0.3, 0.4) is 0 Å². The van der Waals surface area contributed by atoms with Crippen molar-refractivity contribution in [2.75, 3.05) is 13.2 Å². The molecular weight excluding hydrogens is 238 g/mol. The van der Waals surface area contributed by atoms with E-state index in [2.05, 4.69) is 17.5 Å². The van der Waals surface area contributed by atoms with Crippen molar-refractivity contribution in [2.24, 2.45) is 5.92 Å². The van der Waals surface area contributed by atoms with Crippen LogP contribution in [0.15, 0.2) is 24.3 Å². The number of rotatable bonds is 5. The first-order chi connectivity index (χ1) is 9.34. The fourth-order valence-electron chi connectivity index (χ4n) is 2.41. The molecule has 1 aromatic carbocycles. The molecule has 3 nitrogen and oxygen atoms in total. The molecule has 1 fully saturated rings. The van der Waals surface area contributed by atoms with Crippen molar-refractivity contribution in [2.45, 2.75) is 25.7 Å². The van der Waals surface area contributed by atoms with Crippen molar-refractivity contribution < 1.29 is 9.53 Å². The van der Waals surface area contributed by atoms with Crippen LogP contribution in [0.25, 0.3) is 6.08 Å². The van der Waals surface area contributed by atoms with E-state index in [1.54, 1.807) is 0 Å². The van der Waals surface area contributed by atoms with Gasteiger partial charge in [0.1, 0.15) is 12.4 Å². The summed E-state index contributed by atoms with van der Waals surface area (Å²) < 4.78 is 5.59. The van der Waals surface area contributed by atoms with Gasteiger partial charge in [0.25, 0.3) is 0 Å². The average molecular weight is 257 g/mol. The van der Waals surface area contributed by atoms with Crippen molar-refractivity contribution in [3.05, 3.63) is 35.4 Å². The molecular formula is C16H19NO2. The summed E-state index contributed by atoms with van der Waals surface area (Å²) in [5, 5.41) is 3.01. The normalized spacial score (nSPS) is 16.6. The zero-order valence-corrected chi connectivity index (χ0v) is 11.0. The Labute approximate surface area is 113 Å². The third-order valence-corrected chi connectivity index (χ3v) is 3.65. The summed E-state index contributed by atoms with van der Waals surface area (Å²) >= 11 is 0. The Morgan fingerprint density at radius 2 is 2.26 bits per heavy atom. The molecule has 100 valence electrons. The van der Waals surface area contributed by atoms with E-state index in [-0.39, 0.29) is 5.91 Å². The van der Waals surface area contributed by atoms with Crippen LogP contribution >= 0.6 is 0 Å². The molecule has 1 amide bonds. The minimum Gasteiger partial charge on any atom is -0.489 e. The number of amides is 1. The lowest BCUT2D eigenvalue weighted by atomic mass is 10.0. The second kappa shape index (κ2) is 5.47. The van der Waals surface area contributed by atoms with Crippen LogP contribution in [-0.4, -0.2) is 19.1 Å². The highest BCUT2D eigenvalue weighted by Gasteiger charge is 2.28. The molecule has 2 aliphatic rings. The molecule has 0 spiro atoms. The molecule has 1 heterocycles. The summed E-state index contributed by atoms with van der Waals surface area (Å²) in [5.41, 5.74) is 2.50. The molecule has 1 aliphatic heterocycles. The maximum absolute atomic E-state index is 11.5. The molecule has 1 saturated carbocycles. The Bertz CT molecular complexity index is 503. The number of nitrogens with one attached hydrogen (secondary N) is 1. The van der Waals surface area contributed by atoms with E-state index in [4.69, 9.17) is 4.74 Å². The second-order valence-electron chi connectivity index (χ2n) is 5.21. The Morgan fingerprint density at radius 3 is 3.11 bits per heavy atom. The summed E-state index contributed by atoms with van der Waals surface area (Å²) in [6, 6.07) is 6.19. The minimum atomic E-state index is 0.235. The van der Waals surface area contributed by atoms with Crippen molar-refractivity contribution in [3.8, 4) is 5.75 Å². The van der Waals surface area contributed by atoms with Crippen LogP contribution in [0, 0.1) is 5.92 Å². The predicted octanol–water partition coefficient (Wildman–Crippen LogP) is 2.55. The zero-order valence-electron chi connectivity index (χ0n) is 11.0. The maximum atomic E-state index is 11.5. The lowest BCUT2D eigenvalue weighted by molar-refractivity contribution is -0.122. The number of hydrogen-bond donors (Lipinski definition) is 1. The quantitative estimate of drug-likeness (QED) is 0.823. The molecule has 3 rings (SSSR count). The molecule has 0 unspecified atom stereocenters. The van der Waals surface area contributed by atoms with Crippen molar-refractivity contribution in [1.29, 1.82) is 0 Å². The molecule has 1 aliphatic carbocycles. The van der Waals surface area contributed by atoms with Crippen molar-refractivity contribution in [1.82, 2.24) is 5.32 Å². The Hall–Kier alpha value is -1.77. The first-order valence-corrected chi connectivity index (χ1v) is 7.03. The fraction of sp³-hybridized carbons (Fsp3) is 0.438. The van der Waals surface area contributed by atoms with Gasteiger partial charge in [-0.15, -0.1) is 0 Å². The maximum Gasteiger partial charge on any atom is 0.223 e. The van der Waals surface area contributed by atoms with Crippen LogP contribution in [0.2, 0.25) is 0 Å². The van der Waals surface area contributed by atoms with Gasteiger partial charge in [0, 0.05) is 18.0 Å². The highest BCUT2D eigenvalue weighted by molar-refractivity contribution is 5.80. The largest absolute Gasteiger partial charge is 0.489 e. The zero-order chi connectivity index (χ0) is 13.1. The van der Waals surface area contributed by atoms with Gasteiger partial charge in [-0.2, -0.15) is 0 Å². The van der Waals surface area contributed by atoms with E-state index in [1.165, 1.54) is 11.1 Å². The lowest BCUT2D eigenvalue weighted by Gasteiger charge is -2.15. The Balaban J connectivity index is 1.52. The number of aryl methyl sites for hydroxylation is 1. The van der Waals surface area contributed by atoms with Crippen LogP contribution < -0.4 is 10.1 Å². The van der Waals surface area contributed by atoms with Gasteiger partial charge in [0.2, 0.25) is 5.91 Å². The summed E-state index contributed by atoms with van der Waals surface area (Å²) in [6.07, 6.45) is 8.27. The first kappa shape index (κ1) is 12.3. The third kappa shape index (κ3) is 2.98. The molecule has 0 bridgehead atoms. The van der Waals surface area contributed by atoms with Gasteiger partial charge in [-0.25, -0.2) is 0 Å². The summed E-state index contributed by atoms with van der Waals surface area (Å²) in [4.78, 5) is 11.5. The van der Waals surface area contributed by atoms with E-state index in [9.17, 15) is 4.79 Å². The second-order valence-corrected chi connectivity index (χ2v) is 5.21. The van der Waals surface area contributed by atoms with Crippen molar-refractivity contribution >= 4 is 12.0 Å². The van der Waals surface area contributed by atoms with Crippen molar-refractivity contribution in [3.63, 3.8) is 0 Å². The number of fused-ring (bicyclic) bond motifs is 1. The monoisotopic (exact) mass is 257 g/mol. The van der Waals surface area contributed by atoms with Crippen LogP contribution in [-0.2, 0) is 11.2 Å². The van der Waals surface area contributed by atoms with Gasteiger partial charge in [-0.1, -0.05) is 18.2 Å². The molecule has 1 N–H and O–H groups in total. The van der Waals surface area contributed by atoms with Crippen LogP contribution in [0.1, 0.15) is 30.4 Å². The first-order valence-electron chi connectivity index (χ1n) is 7.03. The molecule has 0 aromatic heterocycles. The number of ether oxygens (including phenoxy) is 1. The van der Waals surface area contributed by atoms with E-state index < -0.39 is 0 Å². The van der Waals surface area contributed by atoms with Gasteiger partial charge in [-0.3, -0.25) is 4.79 Å². The van der Waals surface area contributed by atoms with Crippen LogP contribution in [0.4, 0.5) is 0 Å². The number of benzene rings is 1. The van der Waals surface area contributed by atoms with Crippen LogP contribution in [0.5, 0.6) is 5.75 Å². The van der Waals surface area contributed by atoms with Gasteiger partial charge >= 0.3 is 0 Å². The third-order valence-electron chi connectivity index (χ3n) is 3.65. The molecule has 3 heteroatoms. The fourth-order valence-corrected chi connectivity index (χ4v) is 2.41. The van der Waals surface area contributed by atoms with E-state index in [0.717, 1.165) is 38.0 Å². The standard InChI is InChI=1S/C16H19NO2/c18-16(13-8-9-13)17-10-2-5-12-4-1-7-15-14(12)6-3-11-19-15/h1,3-4,6-7,13H,2,5,8-11H2,(H,17,18). The lowest BCUT2D eigenvalue weighted by Crippen LogP contribution is -2.26. The Morgan fingerprint density at radius 1 is 1.37 bits per heavy atom. The van der Waals surface area contributed by atoms with Gasteiger partial charge < -0.3 is 10.1 Å². The topological polar surface area (TPSA) is 38.3 Å². The highest BCUT2D eigenvalue weighted by atomic mass is 16.5. The number of carbonyl (C=O) groups is 1. The molecule has 0 radical (unpaired) electrons. The number of carbonyl (C=O) groups excluding carboxylic acids is 1. The summed E-state index contributed by atoms with van der Waals surface area (Å²) in [7, 11) is 0. The molecule has 19 heavy (non-hydrogen) atoms. The summed E-state index contributed by atoms with van der Waals surface area (Å²) in [6.45, 7) is 1.43. The highest BCUT2D eigenvalue weighted by Crippen LogP contribution is 2.29. The number of hydrogen-bond acceptors (Lipinski definition) is 2. The summed E-state index contributed by atoms with van der Waals surface area (Å²) in [5.74, 6) is 1.51. The molecule has 0 atom stereocenters. The SMILES string of the molecule is O=C(NCCCc1cccc2c1C=CCO2)C1CC1. The van der Waals surface area contributed by atoms with Gasteiger partial charge in [0.15, 0.2) is 0 Å². The smallest absolute Gasteiger partial charge is 0.223 e. The van der Waals surface area contributed by atoms with Gasteiger partial charge in [-0.05, 0) is 43.4 Å².